The van der Waals surface area contributed by atoms with E-state index in [9.17, 15) is 19.1 Å². The summed E-state index contributed by atoms with van der Waals surface area (Å²) in [5.74, 6) is -1.56. The maximum atomic E-state index is 14.9. The van der Waals surface area contributed by atoms with E-state index in [-0.39, 0.29) is 34.6 Å². The molecule has 3 heterocycles. The van der Waals surface area contributed by atoms with Crippen molar-refractivity contribution in [1.82, 2.24) is 9.88 Å². The largest absolute Gasteiger partial charge is 0.487 e. The van der Waals surface area contributed by atoms with Crippen LogP contribution in [0.4, 0.5) is 10.1 Å². The minimum absolute atomic E-state index is 0. The number of pyridine rings is 1. The number of nitrogens with one attached hydrogen (secondary N) is 1. The maximum Gasteiger partial charge on any atom is 0.341 e. The fourth-order valence-corrected chi connectivity index (χ4v) is 3.55. The molecule has 4 rings (SSSR count). The van der Waals surface area contributed by atoms with E-state index in [0.29, 0.717) is 30.0 Å². The maximum absolute atomic E-state index is 14.9. The number of aromatic nitrogens is 1. The molecule has 0 amide bonds. The number of hydrogen-bond donors (Lipinski definition) is 2. The second-order valence-electron chi connectivity index (χ2n) is 6.41. The predicted octanol–water partition coefficient (Wildman–Crippen LogP) is -0.448. The Balaban J connectivity index is 0.00000131. The molecule has 1 unspecified atom stereocenters. The summed E-state index contributed by atoms with van der Waals surface area (Å²) in [5, 5.41) is 12.5. The lowest BCUT2D eigenvalue weighted by Gasteiger charge is -2.34. The second kappa shape index (κ2) is 7.51. The summed E-state index contributed by atoms with van der Waals surface area (Å²) in [6, 6.07) is 0.984. The molecule has 148 valence electrons. The van der Waals surface area contributed by atoms with Crippen LogP contribution in [-0.2, 0) is 0 Å². The van der Waals surface area contributed by atoms with Gasteiger partial charge in [-0.05, 0) is 13.0 Å². The smallest absolute Gasteiger partial charge is 0.341 e. The molecule has 27 heavy (non-hydrogen) atoms. The van der Waals surface area contributed by atoms with Crippen LogP contribution in [0.5, 0.6) is 5.75 Å². The predicted molar refractivity (Wildman–Crippen MR) is 97.6 cm³/mol. The van der Waals surface area contributed by atoms with Crippen LogP contribution in [0.15, 0.2) is 17.1 Å². The first-order valence-electron chi connectivity index (χ1n) is 8.22. The number of nitrogens with zero attached hydrogens (tertiary/aromatic N) is 2. The van der Waals surface area contributed by atoms with Gasteiger partial charge in [0.2, 0.25) is 5.43 Å². The van der Waals surface area contributed by atoms with Gasteiger partial charge in [-0.2, -0.15) is 0 Å². The van der Waals surface area contributed by atoms with E-state index in [1.807, 2.05) is 11.8 Å². The molecule has 1 saturated heterocycles. The van der Waals surface area contributed by atoms with Crippen molar-refractivity contribution in [2.75, 3.05) is 37.7 Å². The molecule has 0 spiro atoms. The van der Waals surface area contributed by atoms with Gasteiger partial charge in [-0.25, -0.2) is 9.18 Å². The molecule has 6 N–H and O–H groups in total. The van der Waals surface area contributed by atoms with E-state index < -0.39 is 17.2 Å². The minimum Gasteiger partial charge on any atom is -0.487 e. The van der Waals surface area contributed by atoms with Gasteiger partial charge in [0.1, 0.15) is 17.9 Å². The molecule has 1 aromatic heterocycles. The number of rotatable bonds is 2. The lowest BCUT2D eigenvalue weighted by atomic mass is 10.1. The number of anilines is 1. The normalized spacial score (nSPS) is 18.3. The van der Waals surface area contributed by atoms with E-state index in [1.165, 1.54) is 6.20 Å². The highest BCUT2D eigenvalue weighted by atomic mass is 19.1. The van der Waals surface area contributed by atoms with Crippen LogP contribution in [0.25, 0.3) is 10.9 Å². The molecule has 0 bridgehead atoms. The number of carbonyl (C=O) groups is 1. The van der Waals surface area contributed by atoms with E-state index in [0.717, 1.165) is 19.2 Å². The first-order valence-corrected chi connectivity index (χ1v) is 8.22. The van der Waals surface area contributed by atoms with E-state index >= 15 is 0 Å². The molecule has 10 heteroatoms. The number of halogens is 1. The average molecular weight is 383 g/mol. The number of hydrogen-bond acceptors (Lipinski definition) is 5. The van der Waals surface area contributed by atoms with Crippen molar-refractivity contribution in [3.05, 3.63) is 33.9 Å². The zero-order valence-electron chi connectivity index (χ0n) is 14.7. The molecule has 2 aromatic rings. The number of benzene rings is 1. The molecule has 2 aliphatic rings. The van der Waals surface area contributed by atoms with Crippen LogP contribution in [-0.4, -0.2) is 59.4 Å². The summed E-state index contributed by atoms with van der Waals surface area (Å²) < 4.78 is 22.4. The first kappa shape index (κ1) is 20.6. The number of aromatic carboxylic acids is 1. The zero-order valence-corrected chi connectivity index (χ0v) is 14.7. The fraction of sp³-hybridized carbons (Fsp3) is 0.412. The van der Waals surface area contributed by atoms with E-state index in [4.69, 9.17) is 4.74 Å². The Labute approximate surface area is 153 Å². The topological polar surface area (TPSA) is 147 Å². The summed E-state index contributed by atoms with van der Waals surface area (Å²) >= 11 is 0. The van der Waals surface area contributed by atoms with Gasteiger partial charge < -0.3 is 35.6 Å². The summed E-state index contributed by atoms with van der Waals surface area (Å²) in [5.41, 5.74) is -0.245. The first-order chi connectivity index (χ1) is 12.0. The van der Waals surface area contributed by atoms with Gasteiger partial charge in [0, 0.05) is 32.4 Å². The van der Waals surface area contributed by atoms with Gasteiger partial charge in [0.15, 0.2) is 11.6 Å². The standard InChI is InChI=1S/C17H18FN3O4.2H2O/c1-9-8-25-16-13-10(15(22)11(17(23)24)7-21(9)13)6-12(18)14(16)20-4-2-19-3-5-20;;/h6-7,9,19H,2-5,8H2,1H3,(H,23,24);2*1H2. The van der Waals surface area contributed by atoms with Crippen LogP contribution in [0.3, 0.4) is 0 Å². The molecular weight excluding hydrogens is 361 g/mol. The zero-order chi connectivity index (χ0) is 17.7. The molecule has 2 aliphatic heterocycles. The van der Waals surface area contributed by atoms with E-state index in [2.05, 4.69) is 5.32 Å². The molecule has 0 saturated carbocycles. The Morgan fingerprint density at radius 1 is 1.33 bits per heavy atom. The Bertz CT molecular complexity index is 939. The van der Waals surface area contributed by atoms with Crippen LogP contribution in [0.2, 0.25) is 0 Å². The van der Waals surface area contributed by atoms with Crippen molar-refractivity contribution in [2.45, 2.75) is 13.0 Å². The van der Waals surface area contributed by atoms with E-state index in [1.54, 1.807) is 4.57 Å². The summed E-state index contributed by atoms with van der Waals surface area (Å²) in [4.78, 5) is 25.8. The Kier molecular flexibility index (Phi) is 5.73. The van der Waals surface area contributed by atoms with Gasteiger partial charge in [-0.1, -0.05) is 0 Å². The number of ether oxygens (including phenoxy) is 1. The van der Waals surface area contributed by atoms with Crippen molar-refractivity contribution in [3.63, 3.8) is 0 Å². The number of carboxylic acid groups (broad SMARTS) is 1. The summed E-state index contributed by atoms with van der Waals surface area (Å²) in [6.45, 7) is 4.88. The minimum atomic E-state index is -1.32. The van der Waals surface area contributed by atoms with Crippen molar-refractivity contribution in [3.8, 4) is 5.75 Å². The molecule has 9 nitrogen and oxygen atoms in total. The van der Waals surface area contributed by atoms with Crippen LogP contribution < -0.4 is 20.4 Å². The van der Waals surface area contributed by atoms with Crippen molar-refractivity contribution in [1.29, 1.82) is 0 Å². The van der Waals surface area contributed by atoms with Crippen LogP contribution >= 0.6 is 0 Å². The highest BCUT2D eigenvalue weighted by Gasteiger charge is 2.30. The van der Waals surface area contributed by atoms with Crippen molar-refractivity contribution >= 4 is 22.6 Å². The molecule has 1 atom stereocenters. The third-order valence-electron chi connectivity index (χ3n) is 4.81. The Hall–Kier alpha value is -2.69. The molecule has 0 aliphatic carbocycles. The molecule has 0 radical (unpaired) electrons. The summed E-state index contributed by atoms with van der Waals surface area (Å²) in [7, 11) is 0. The molecule has 1 fully saturated rings. The lowest BCUT2D eigenvalue weighted by Crippen LogP contribution is -2.44. The lowest BCUT2D eigenvalue weighted by molar-refractivity contribution is 0.0694. The molecular formula is C17H22FN3O6. The van der Waals surface area contributed by atoms with Gasteiger partial charge in [-0.15, -0.1) is 0 Å². The Morgan fingerprint density at radius 2 is 2.00 bits per heavy atom. The van der Waals surface area contributed by atoms with Gasteiger partial charge in [0.05, 0.1) is 16.9 Å². The average Bonchev–Trinajstić information content (AvgIpc) is 2.60. The Morgan fingerprint density at radius 3 is 2.63 bits per heavy atom. The highest BCUT2D eigenvalue weighted by molar-refractivity contribution is 5.97. The third kappa shape index (κ3) is 3.11. The van der Waals surface area contributed by atoms with Gasteiger partial charge >= 0.3 is 5.97 Å². The van der Waals surface area contributed by atoms with Crippen LogP contribution in [0, 0.1) is 5.82 Å². The van der Waals surface area contributed by atoms with Crippen molar-refractivity contribution < 1.29 is 30.0 Å². The quantitative estimate of drug-likeness (QED) is 0.718. The van der Waals surface area contributed by atoms with Gasteiger partial charge in [0.25, 0.3) is 0 Å². The third-order valence-corrected chi connectivity index (χ3v) is 4.81. The number of carboxylic acids is 1. The highest BCUT2D eigenvalue weighted by Crippen LogP contribution is 2.41. The monoisotopic (exact) mass is 383 g/mol. The molecule has 1 aromatic carbocycles. The van der Waals surface area contributed by atoms with Crippen molar-refractivity contribution in [2.24, 2.45) is 0 Å². The number of piperazine rings is 1. The summed E-state index contributed by atoms with van der Waals surface area (Å²) in [6.07, 6.45) is 1.34. The fourth-order valence-electron chi connectivity index (χ4n) is 3.55. The second-order valence-corrected chi connectivity index (χ2v) is 6.41. The SMILES string of the molecule is CC1COc2c(N3CCNCC3)c(F)cc3c(=O)c(C(=O)O)cn1c23.O.O. The van der Waals surface area contributed by atoms with Crippen LogP contribution in [0.1, 0.15) is 23.3 Å². The van der Waals surface area contributed by atoms with Gasteiger partial charge in [-0.3, -0.25) is 4.79 Å².